The highest BCUT2D eigenvalue weighted by molar-refractivity contribution is 5.94. The Balaban J connectivity index is 2.65. The molecule has 0 bridgehead atoms. The quantitative estimate of drug-likeness (QED) is 0.879. The lowest BCUT2D eigenvalue weighted by Gasteiger charge is -2.08. The molecule has 2 heterocycles. The number of carboxylic acids is 1. The number of carbonyl (C=O) groups is 1. The molecule has 0 amide bonds. The molecule has 2 aromatic rings. The molecule has 0 saturated heterocycles. The number of aromatic nitrogens is 3. The highest BCUT2D eigenvalue weighted by atomic mass is 16.4. The molecule has 90 valence electrons. The third-order valence-electron chi connectivity index (χ3n) is 2.52. The van der Waals surface area contributed by atoms with Crippen molar-refractivity contribution >= 4 is 11.6 Å². The summed E-state index contributed by atoms with van der Waals surface area (Å²) in [6.07, 6.45) is 2.20. The van der Waals surface area contributed by atoms with Crippen LogP contribution in [0.1, 0.15) is 35.6 Å². The number of nitrogens with zero attached hydrogens (tertiary/aromatic N) is 3. The molecule has 0 fully saturated rings. The van der Waals surface area contributed by atoms with Crippen molar-refractivity contribution in [3.63, 3.8) is 0 Å². The first kappa shape index (κ1) is 11.6. The highest BCUT2D eigenvalue weighted by Crippen LogP contribution is 2.15. The molecule has 0 aliphatic heterocycles. The van der Waals surface area contributed by atoms with E-state index in [0.717, 1.165) is 17.8 Å². The molecular formula is C12H15N3O2. The van der Waals surface area contributed by atoms with Gasteiger partial charge in [0.2, 0.25) is 0 Å². The van der Waals surface area contributed by atoms with Crippen molar-refractivity contribution in [2.24, 2.45) is 5.92 Å². The average molecular weight is 233 g/mol. The molecule has 0 radical (unpaired) electrons. The number of fused-ring (bicyclic) bond motifs is 1. The molecule has 2 rings (SSSR count). The summed E-state index contributed by atoms with van der Waals surface area (Å²) in [5.74, 6) is -0.508. The van der Waals surface area contributed by atoms with E-state index in [4.69, 9.17) is 5.11 Å². The lowest BCUT2D eigenvalue weighted by molar-refractivity contribution is 0.0699. The first-order valence-corrected chi connectivity index (χ1v) is 5.56. The van der Waals surface area contributed by atoms with Crippen LogP contribution in [0.15, 0.2) is 12.3 Å². The normalized spacial score (nSPS) is 11.3. The van der Waals surface area contributed by atoms with Crippen LogP contribution < -0.4 is 0 Å². The molecule has 0 aromatic carbocycles. The average Bonchev–Trinajstić information content (AvgIpc) is 2.59. The van der Waals surface area contributed by atoms with Gasteiger partial charge in [-0.1, -0.05) is 13.8 Å². The molecule has 17 heavy (non-hydrogen) atoms. The van der Waals surface area contributed by atoms with Crippen molar-refractivity contribution in [3.05, 3.63) is 29.2 Å². The van der Waals surface area contributed by atoms with Crippen LogP contribution in [0.2, 0.25) is 0 Å². The second-order valence-electron chi connectivity index (χ2n) is 4.59. The van der Waals surface area contributed by atoms with E-state index in [0.29, 0.717) is 11.6 Å². The number of aryl methyl sites for hydroxylation is 1. The molecule has 0 unspecified atom stereocenters. The minimum absolute atomic E-state index is 0.152. The van der Waals surface area contributed by atoms with Crippen molar-refractivity contribution in [2.75, 3.05) is 0 Å². The van der Waals surface area contributed by atoms with E-state index in [9.17, 15) is 4.79 Å². The maximum absolute atomic E-state index is 11.0. The van der Waals surface area contributed by atoms with Gasteiger partial charge in [-0.05, 0) is 25.3 Å². The summed E-state index contributed by atoms with van der Waals surface area (Å²) >= 11 is 0. The molecular weight excluding hydrogens is 218 g/mol. The predicted molar refractivity (Wildman–Crippen MR) is 63.2 cm³/mol. The van der Waals surface area contributed by atoms with E-state index in [1.807, 2.05) is 13.0 Å². The van der Waals surface area contributed by atoms with E-state index in [-0.39, 0.29) is 5.56 Å². The first-order chi connectivity index (χ1) is 7.99. The van der Waals surface area contributed by atoms with E-state index < -0.39 is 5.97 Å². The van der Waals surface area contributed by atoms with Gasteiger partial charge in [-0.2, -0.15) is 5.10 Å². The summed E-state index contributed by atoms with van der Waals surface area (Å²) in [5, 5.41) is 13.1. The fourth-order valence-electron chi connectivity index (χ4n) is 1.88. The van der Waals surface area contributed by atoms with Crippen LogP contribution in [0.4, 0.5) is 0 Å². The number of carboxylic acid groups (broad SMARTS) is 1. The third-order valence-corrected chi connectivity index (χ3v) is 2.52. The van der Waals surface area contributed by atoms with Gasteiger partial charge in [0.1, 0.15) is 5.56 Å². The Bertz CT molecular complexity index is 572. The summed E-state index contributed by atoms with van der Waals surface area (Å²) in [6, 6.07) is 1.95. The van der Waals surface area contributed by atoms with E-state index in [2.05, 4.69) is 23.9 Å². The summed E-state index contributed by atoms with van der Waals surface area (Å²) in [4.78, 5) is 15.3. The van der Waals surface area contributed by atoms with Crippen molar-refractivity contribution in [1.29, 1.82) is 0 Å². The maximum Gasteiger partial charge on any atom is 0.341 e. The van der Waals surface area contributed by atoms with Gasteiger partial charge in [0.15, 0.2) is 5.65 Å². The smallest absolute Gasteiger partial charge is 0.341 e. The lowest BCUT2D eigenvalue weighted by Crippen LogP contribution is -2.06. The summed E-state index contributed by atoms with van der Waals surface area (Å²) < 4.78 is 1.62. The number of rotatable bonds is 3. The largest absolute Gasteiger partial charge is 0.477 e. The van der Waals surface area contributed by atoms with Crippen LogP contribution in [-0.4, -0.2) is 25.7 Å². The second-order valence-corrected chi connectivity index (χ2v) is 4.59. The van der Waals surface area contributed by atoms with Gasteiger partial charge in [-0.25, -0.2) is 14.3 Å². The minimum Gasteiger partial charge on any atom is -0.477 e. The van der Waals surface area contributed by atoms with Gasteiger partial charge in [0, 0.05) is 11.4 Å². The fourth-order valence-corrected chi connectivity index (χ4v) is 1.88. The van der Waals surface area contributed by atoms with Gasteiger partial charge in [-0.3, -0.25) is 0 Å². The van der Waals surface area contributed by atoms with E-state index >= 15 is 0 Å². The minimum atomic E-state index is -0.992. The number of hydrogen-bond acceptors (Lipinski definition) is 3. The highest BCUT2D eigenvalue weighted by Gasteiger charge is 2.15. The molecule has 2 aromatic heterocycles. The predicted octanol–water partition coefficient (Wildman–Crippen LogP) is 1.93. The Morgan fingerprint density at radius 3 is 2.82 bits per heavy atom. The maximum atomic E-state index is 11.0. The van der Waals surface area contributed by atoms with Gasteiger partial charge in [-0.15, -0.1) is 0 Å². The Labute approximate surface area is 99.1 Å². The summed E-state index contributed by atoms with van der Waals surface area (Å²) in [6.45, 7) is 6.09. The molecule has 1 N–H and O–H groups in total. The molecule has 0 aliphatic carbocycles. The summed E-state index contributed by atoms with van der Waals surface area (Å²) in [5.41, 5.74) is 2.39. The Kier molecular flexibility index (Phi) is 2.83. The SMILES string of the molecule is Cc1cc(CC(C)C)n2ncc(C(=O)O)c2n1. The number of hydrogen-bond donors (Lipinski definition) is 1. The van der Waals surface area contributed by atoms with Crippen LogP contribution in [0.3, 0.4) is 0 Å². The molecule has 0 saturated carbocycles. The fraction of sp³-hybridized carbons (Fsp3) is 0.417. The zero-order valence-electron chi connectivity index (χ0n) is 10.1. The van der Waals surface area contributed by atoms with E-state index in [1.54, 1.807) is 4.52 Å². The van der Waals surface area contributed by atoms with Crippen molar-refractivity contribution in [2.45, 2.75) is 27.2 Å². The van der Waals surface area contributed by atoms with Gasteiger partial charge < -0.3 is 5.11 Å². The Morgan fingerprint density at radius 1 is 1.53 bits per heavy atom. The first-order valence-electron chi connectivity index (χ1n) is 5.56. The zero-order chi connectivity index (χ0) is 12.6. The lowest BCUT2D eigenvalue weighted by atomic mass is 10.1. The molecule has 0 aliphatic rings. The third kappa shape index (κ3) is 2.13. The molecule has 5 heteroatoms. The van der Waals surface area contributed by atoms with Crippen LogP contribution in [0.5, 0.6) is 0 Å². The van der Waals surface area contributed by atoms with Crippen LogP contribution in [0.25, 0.3) is 5.65 Å². The van der Waals surface area contributed by atoms with E-state index in [1.165, 1.54) is 6.20 Å². The second kappa shape index (κ2) is 4.16. The topological polar surface area (TPSA) is 67.5 Å². The Hall–Kier alpha value is -1.91. The Morgan fingerprint density at radius 2 is 2.24 bits per heavy atom. The summed E-state index contributed by atoms with van der Waals surface area (Å²) in [7, 11) is 0. The molecule has 0 spiro atoms. The van der Waals surface area contributed by atoms with Crippen LogP contribution in [-0.2, 0) is 6.42 Å². The van der Waals surface area contributed by atoms with Crippen LogP contribution >= 0.6 is 0 Å². The van der Waals surface area contributed by atoms with Crippen molar-refractivity contribution in [3.8, 4) is 0 Å². The standard InChI is InChI=1S/C12H15N3O2/c1-7(2)4-9-5-8(3)14-11-10(12(16)17)6-13-15(9)11/h5-7H,4H2,1-3H3,(H,16,17). The van der Waals surface area contributed by atoms with Crippen LogP contribution in [0, 0.1) is 12.8 Å². The van der Waals surface area contributed by atoms with Gasteiger partial charge >= 0.3 is 5.97 Å². The van der Waals surface area contributed by atoms with Crippen molar-refractivity contribution in [1.82, 2.24) is 14.6 Å². The zero-order valence-corrected chi connectivity index (χ0v) is 10.1. The van der Waals surface area contributed by atoms with Gasteiger partial charge in [0.05, 0.1) is 6.20 Å². The van der Waals surface area contributed by atoms with Crippen molar-refractivity contribution < 1.29 is 9.90 Å². The molecule has 5 nitrogen and oxygen atoms in total. The number of aromatic carboxylic acids is 1. The monoisotopic (exact) mass is 233 g/mol. The molecule has 0 atom stereocenters. The van der Waals surface area contributed by atoms with Gasteiger partial charge in [0.25, 0.3) is 0 Å².